The molecule has 0 atom stereocenters. The van der Waals surface area contributed by atoms with E-state index < -0.39 is 0 Å². The van der Waals surface area contributed by atoms with E-state index in [4.69, 9.17) is 13.3 Å². The van der Waals surface area contributed by atoms with Gasteiger partial charge in [-0.1, -0.05) is 35.9 Å². The maximum absolute atomic E-state index is 6.75. The number of fused-ring (bicyclic) bond motifs is 14. The Balaban J connectivity index is 1.29. The number of aromatic nitrogens is 1. The van der Waals surface area contributed by atoms with Gasteiger partial charge in [0, 0.05) is 27.2 Å². The fraction of sp³-hybridized carbons (Fsp3) is 0.0857. The van der Waals surface area contributed by atoms with E-state index in [0.717, 1.165) is 75.0 Å². The van der Waals surface area contributed by atoms with E-state index in [1.54, 1.807) is 22.7 Å². The third-order valence-electron chi connectivity index (χ3n) is 8.41. The van der Waals surface area contributed by atoms with Crippen molar-refractivity contribution in [2.75, 3.05) is 0 Å². The topological polar surface area (TPSA) is 44.4 Å². The van der Waals surface area contributed by atoms with Crippen molar-refractivity contribution in [3.05, 3.63) is 89.5 Å². The van der Waals surface area contributed by atoms with Gasteiger partial charge in [0.05, 0.1) is 24.3 Å². The highest BCUT2D eigenvalue weighted by molar-refractivity contribution is 7.28. The molecule has 0 fully saturated rings. The molecule has 10 aromatic rings. The molecule has 0 aliphatic rings. The molecule has 0 N–H and O–H groups in total. The second kappa shape index (κ2) is 7.40. The molecule has 196 valence electrons. The summed E-state index contributed by atoms with van der Waals surface area (Å²) in [7, 11) is 0. The van der Waals surface area contributed by atoms with Crippen LogP contribution in [0.3, 0.4) is 0 Å². The van der Waals surface area contributed by atoms with E-state index in [-0.39, 0.29) is 0 Å². The maximum atomic E-state index is 6.75. The predicted octanol–water partition coefficient (Wildman–Crippen LogP) is 11.5. The molecule has 4 aromatic carbocycles. The van der Waals surface area contributed by atoms with Gasteiger partial charge in [-0.25, -0.2) is 0 Å². The minimum Gasteiger partial charge on any atom is -0.453 e. The Kier molecular flexibility index (Phi) is 4.01. The van der Waals surface area contributed by atoms with Gasteiger partial charge < -0.3 is 17.8 Å². The van der Waals surface area contributed by atoms with Crippen molar-refractivity contribution in [1.29, 1.82) is 0 Å². The zero-order valence-electron chi connectivity index (χ0n) is 22.4. The van der Waals surface area contributed by atoms with Crippen LogP contribution < -0.4 is 0 Å². The van der Waals surface area contributed by atoms with E-state index in [2.05, 4.69) is 98.1 Å². The third kappa shape index (κ3) is 2.79. The Morgan fingerprint density at radius 2 is 1.02 bits per heavy atom. The van der Waals surface area contributed by atoms with Crippen molar-refractivity contribution in [2.24, 2.45) is 0 Å². The van der Waals surface area contributed by atoms with Crippen molar-refractivity contribution in [2.45, 2.75) is 20.8 Å². The Morgan fingerprint density at radius 1 is 0.488 bits per heavy atom. The van der Waals surface area contributed by atoms with Crippen molar-refractivity contribution >= 4 is 108 Å². The predicted molar refractivity (Wildman–Crippen MR) is 173 cm³/mol. The van der Waals surface area contributed by atoms with Gasteiger partial charge in [0.1, 0.15) is 22.3 Å². The molecule has 0 bridgehead atoms. The molecule has 0 aliphatic heterocycles. The van der Waals surface area contributed by atoms with Crippen molar-refractivity contribution in [3.63, 3.8) is 0 Å². The molecular weight excluding hydrogens is 547 g/mol. The number of furan rings is 3. The van der Waals surface area contributed by atoms with Gasteiger partial charge in [0.2, 0.25) is 0 Å². The number of hydrogen-bond acceptors (Lipinski definition) is 5. The molecule has 0 radical (unpaired) electrons. The second-order valence-electron chi connectivity index (χ2n) is 11.2. The summed E-state index contributed by atoms with van der Waals surface area (Å²) >= 11 is 3.54. The largest absolute Gasteiger partial charge is 0.453 e. The number of thiophene rings is 2. The van der Waals surface area contributed by atoms with Crippen molar-refractivity contribution in [3.8, 4) is 5.69 Å². The molecule has 41 heavy (non-hydrogen) atoms. The average molecular weight is 568 g/mol. The van der Waals surface area contributed by atoms with Crippen LogP contribution in [0.5, 0.6) is 0 Å². The lowest BCUT2D eigenvalue weighted by Crippen LogP contribution is -1.93. The first-order valence-electron chi connectivity index (χ1n) is 13.7. The lowest BCUT2D eigenvalue weighted by atomic mass is 10.2. The van der Waals surface area contributed by atoms with Crippen LogP contribution in [0.2, 0.25) is 0 Å². The Morgan fingerprint density at radius 3 is 1.76 bits per heavy atom. The van der Waals surface area contributed by atoms with Crippen LogP contribution in [0.15, 0.2) is 86.0 Å². The molecule has 0 amide bonds. The van der Waals surface area contributed by atoms with Gasteiger partial charge in [0.15, 0.2) is 16.7 Å². The highest BCUT2D eigenvalue weighted by Crippen LogP contribution is 2.49. The quantitative estimate of drug-likeness (QED) is 0.198. The zero-order valence-corrected chi connectivity index (χ0v) is 24.0. The minimum atomic E-state index is 0.821. The zero-order chi connectivity index (χ0) is 27.1. The first-order chi connectivity index (χ1) is 20.0. The number of nitrogens with zero attached hydrogens (tertiary/aromatic N) is 1. The van der Waals surface area contributed by atoms with Crippen molar-refractivity contribution < 1.29 is 13.3 Å². The van der Waals surface area contributed by atoms with Gasteiger partial charge >= 0.3 is 0 Å². The van der Waals surface area contributed by atoms with Gasteiger partial charge in [-0.2, -0.15) is 0 Å². The SMILES string of the molecule is Cc1ccc(-n2c3cc(C)ccc3c3sc4c5cc6oc7c8oc9cc(C)ccc9c8sc7c6cc5oc4c32)cc1. The molecule has 10 rings (SSSR count). The Bertz CT molecular complexity index is 2720. The van der Waals surface area contributed by atoms with Crippen LogP contribution in [0.1, 0.15) is 16.7 Å². The fourth-order valence-electron chi connectivity index (χ4n) is 6.42. The van der Waals surface area contributed by atoms with E-state index in [0.29, 0.717) is 0 Å². The van der Waals surface area contributed by atoms with Gasteiger partial charge in [-0.05, 0) is 74.4 Å². The van der Waals surface area contributed by atoms with E-state index >= 15 is 0 Å². The van der Waals surface area contributed by atoms with Crippen molar-refractivity contribution in [1.82, 2.24) is 4.57 Å². The Labute approximate surface area is 240 Å². The molecule has 4 nitrogen and oxygen atoms in total. The normalized spacial score (nSPS) is 12.8. The molecule has 0 aliphatic carbocycles. The average Bonchev–Trinajstić information content (AvgIpc) is 3.77. The summed E-state index contributed by atoms with van der Waals surface area (Å²) in [6.45, 7) is 6.36. The molecule has 0 unspecified atom stereocenters. The fourth-order valence-corrected chi connectivity index (χ4v) is 8.90. The number of hydrogen-bond donors (Lipinski definition) is 0. The summed E-state index contributed by atoms with van der Waals surface area (Å²) in [5.41, 5.74) is 12.4. The first-order valence-corrected chi connectivity index (χ1v) is 15.3. The molecular formula is C35H21NO3S2. The summed E-state index contributed by atoms with van der Waals surface area (Å²) in [6.07, 6.45) is 0. The number of rotatable bonds is 1. The lowest BCUT2D eigenvalue weighted by Gasteiger charge is -2.08. The molecule has 0 saturated heterocycles. The van der Waals surface area contributed by atoms with Crippen LogP contribution in [-0.4, -0.2) is 4.57 Å². The summed E-state index contributed by atoms with van der Waals surface area (Å²) in [6, 6.07) is 26.1. The van der Waals surface area contributed by atoms with Crippen LogP contribution >= 0.6 is 22.7 Å². The molecule has 6 aromatic heterocycles. The lowest BCUT2D eigenvalue weighted by molar-refractivity contribution is 0.634. The molecule has 6 heteroatoms. The monoisotopic (exact) mass is 567 g/mol. The number of aryl methyl sites for hydroxylation is 3. The summed E-state index contributed by atoms with van der Waals surface area (Å²) < 4.78 is 26.6. The van der Waals surface area contributed by atoms with Gasteiger partial charge in [-0.15, -0.1) is 22.7 Å². The second-order valence-corrected chi connectivity index (χ2v) is 13.2. The van der Waals surface area contributed by atoms with E-state index in [9.17, 15) is 0 Å². The maximum Gasteiger partial charge on any atom is 0.189 e. The number of benzene rings is 4. The molecule has 6 heterocycles. The summed E-state index contributed by atoms with van der Waals surface area (Å²) in [5, 5.41) is 4.54. The summed E-state index contributed by atoms with van der Waals surface area (Å²) in [5.74, 6) is 0. The molecule has 0 spiro atoms. The summed E-state index contributed by atoms with van der Waals surface area (Å²) in [4.78, 5) is 0. The minimum absolute atomic E-state index is 0.821. The van der Waals surface area contributed by atoms with E-state index in [1.807, 2.05) is 0 Å². The molecule has 0 saturated carbocycles. The first kappa shape index (κ1) is 22.2. The van der Waals surface area contributed by atoms with Crippen LogP contribution in [0.25, 0.3) is 90.6 Å². The van der Waals surface area contributed by atoms with E-state index in [1.165, 1.54) is 32.3 Å². The third-order valence-corrected chi connectivity index (χ3v) is 10.9. The highest BCUT2D eigenvalue weighted by Gasteiger charge is 2.25. The smallest absolute Gasteiger partial charge is 0.189 e. The van der Waals surface area contributed by atoms with Gasteiger partial charge in [-0.3, -0.25) is 0 Å². The van der Waals surface area contributed by atoms with Crippen LogP contribution in [0.4, 0.5) is 0 Å². The standard InChI is InChI=1S/C35H21NO3S2/c1-16-4-8-19(9-5-16)36-24-12-17(2)6-10-20(24)32-28(36)29-34(40-32)22-14-27-23(15-26(22)37-29)35-31(39-27)30-33(41-35)21-11-7-18(3)13-25(21)38-30/h4-15H,1-3H3. The van der Waals surface area contributed by atoms with Crippen LogP contribution in [-0.2, 0) is 0 Å². The van der Waals surface area contributed by atoms with Gasteiger partial charge in [0.25, 0.3) is 0 Å². The highest BCUT2D eigenvalue weighted by atomic mass is 32.1. The Hall–Kier alpha value is -4.52. The van der Waals surface area contributed by atoms with Crippen LogP contribution in [0, 0.1) is 20.8 Å².